The maximum Gasteiger partial charge on any atom is 0.227 e. The Labute approximate surface area is 118 Å². The summed E-state index contributed by atoms with van der Waals surface area (Å²) in [6, 6.07) is 4.38. The molecule has 1 heterocycles. The zero-order chi connectivity index (χ0) is 13.6. The SMILES string of the molecule is CC(c1cccs1)N(C)C(=O)C1C2CCC(C2)C1N. The summed E-state index contributed by atoms with van der Waals surface area (Å²) in [6.07, 6.45) is 3.58. The monoisotopic (exact) mass is 278 g/mol. The van der Waals surface area contributed by atoms with Crippen LogP contribution in [0.2, 0.25) is 0 Å². The van der Waals surface area contributed by atoms with Crippen LogP contribution in [-0.2, 0) is 4.79 Å². The molecule has 4 heteroatoms. The molecular weight excluding hydrogens is 256 g/mol. The van der Waals surface area contributed by atoms with Gasteiger partial charge in [-0.2, -0.15) is 0 Å². The number of hydrogen-bond donors (Lipinski definition) is 1. The predicted octanol–water partition coefficient (Wildman–Crippen LogP) is 2.64. The van der Waals surface area contributed by atoms with Crippen molar-refractivity contribution >= 4 is 17.2 Å². The molecule has 0 aromatic carbocycles. The second-order valence-electron chi connectivity index (χ2n) is 6.08. The van der Waals surface area contributed by atoms with E-state index in [0.29, 0.717) is 11.8 Å². The molecule has 104 valence electrons. The minimum absolute atomic E-state index is 0.0613. The fourth-order valence-corrected chi connectivity index (χ4v) is 4.67. The van der Waals surface area contributed by atoms with Gasteiger partial charge in [-0.15, -0.1) is 11.3 Å². The smallest absolute Gasteiger partial charge is 0.227 e. The number of carbonyl (C=O) groups is 1. The van der Waals surface area contributed by atoms with Crippen molar-refractivity contribution in [3.05, 3.63) is 22.4 Å². The van der Waals surface area contributed by atoms with Gasteiger partial charge in [0.2, 0.25) is 5.91 Å². The predicted molar refractivity (Wildman–Crippen MR) is 77.8 cm³/mol. The average molecular weight is 278 g/mol. The van der Waals surface area contributed by atoms with Gasteiger partial charge >= 0.3 is 0 Å². The van der Waals surface area contributed by atoms with Gasteiger partial charge in [0.15, 0.2) is 0 Å². The topological polar surface area (TPSA) is 46.3 Å². The molecule has 1 aromatic rings. The van der Waals surface area contributed by atoms with Crippen LogP contribution in [-0.4, -0.2) is 23.9 Å². The summed E-state index contributed by atoms with van der Waals surface area (Å²) in [7, 11) is 1.92. The molecule has 2 bridgehead atoms. The average Bonchev–Trinajstić information content (AvgIpc) is 3.12. The van der Waals surface area contributed by atoms with Crippen LogP contribution >= 0.6 is 11.3 Å². The Morgan fingerprint density at radius 2 is 2.21 bits per heavy atom. The fraction of sp³-hybridized carbons (Fsp3) is 0.667. The minimum Gasteiger partial charge on any atom is -0.338 e. The first-order valence-corrected chi connectivity index (χ1v) is 8.03. The van der Waals surface area contributed by atoms with Crippen LogP contribution in [0.15, 0.2) is 17.5 Å². The summed E-state index contributed by atoms with van der Waals surface area (Å²) >= 11 is 1.71. The Kier molecular flexibility index (Phi) is 3.39. The highest BCUT2D eigenvalue weighted by molar-refractivity contribution is 7.10. The summed E-state index contributed by atoms with van der Waals surface area (Å²) in [5.41, 5.74) is 6.28. The number of nitrogens with zero attached hydrogens (tertiary/aromatic N) is 1. The van der Waals surface area contributed by atoms with Gasteiger partial charge in [-0.3, -0.25) is 4.79 Å². The molecule has 2 fully saturated rings. The molecule has 0 aliphatic heterocycles. The van der Waals surface area contributed by atoms with Gasteiger partial charge in [0.1, 0.15) is 0 Å². The molecular formula is C15H22N2OS. The van der Waals surface area contributed by atoms with Crippen molar-refractivity contribution in [2.24, 2.45) is 23.5 Å². The van der Waals surface area contributed by atoms with Gasteiger partial charge in [0.25, 0.3) is 0 Å². The Morgan fingerprint density at radius 3 is 2.79 bits per heavy atom. The van der Waals surface area contributed by atoms with Crippen LogP contribution in [0.5, 0.6) is 0 Å². The number of nitrogens with two attached hydrogens (primary N) is 1. The van der Waals surface area contributed by atoms with Crippen molar-refractivity contribution < 1.29 is 4.79 Å². The molecule has 2 aliphatic carbocycles. The van der Waals surface area contributed by atoms with Crippen molar-refractivity contribution in [1.29, 1.82) is 0 Å². The van der Waals surface area contributed by atoms with E-state index in [2.05, 4.69) is 18.4 Å². The van der Waals surface area contributed by atoms with Crippen molar-refractivity contribution in [3.8, 4) is 0 Å². The molecule has 2 N–H and O–H groups in total. The molecule has 5 unspecified atom stereocenters. The van der Waals surface area contributed by atoms with Crippen LogP contribution in [0, 0.1) is 17.8 Å². The van der Waals surface area contributed by atoms with E-state index in [9.17, 15) is 4.79 Å². The third-order valence-corrected chi connectivity index (χ3v) is 6.19. The number of rotatable bonds is 3. The summed E-state index contributed by atoms with van der Waals surface area (Å²) in [5.74, 6) is 1.43. The van der Waals surface area contributed by atoms with Crippen molar-refractivity contribution in [1.82, 2.24) is 4.90 Å². The quantitative estimate of drug-likeness (QED) is 0.924. The van der Waals surface area contributed by atoms with Crippen LogP contribution in [0.3, 0.4) is 0 Å². The molecule has 2 saturated carbocycles. The summed E-state index contributed by atoms with van der Waals surface area (Å²) in [6.45, 7) is 2.10. The molecule has 5 atom stereocenters. The molecule has 19 heavy (non-hydrogen) atoms. The lowest BCUT2D eigenvalue weighted by Gasteiger charge is -2.33. The van der Waals surface area contributed by atoms with Crippen molar-refractivity contribution in [3.63, 3.8) is 0 Å². The lowest BCUT2D eigenvalue weighted by molar-refractivity contribution is -0.138. The first kappa shape index (κ1) is 13.1. The highest BCUT2D eigenvalue weighted by Crippen LogP contribution is 2.48. The van der Waals surface area contributed by atoms with Gasteiger partial charge in [0.05, 0.1) is 12.0 Å². The van der Waals surface area contributed by atoms with Crippen molar-refractivity contribution in [2.45, 2.75) is 38.3 Å². The maximum atomic E-state index is 12.7. The summed E-state index contributed by atoms with van der Waals surface area (Å²) in [4.78, 5) is 15.9. The third-order valence-electron chi connectivity index (χ3n) is 5.15. The first-order chi connectivity index (χ1) is 9.09. The zero-order valence-electron chi connectivity index (χ0n) is 11.6. The minimum atomic E-state index is 0.0613. The number of hydrogen-bond acceptors (Lipinski definition) is 3. The second-order valence-corrected chi connectivity index (χ2v) is 7.06. The Morgan fingerprint density at radius 1 is 1.47 bits per heavy atom. The number of thiophene rings is 1. The van der Waals surface area contributed by atoms with E-state index in [-0.39, 0.29) is 23.9 Å². The fourth-order valence-electron chi connectivity index (χ4n) is 3.85. The maximum absolute atomic E-state index is 12.7. The van der Waals surface area contributed by atoms with E-state index in [1.54, 1.807) is 11.3 Å². The molecule has 1 aromatic heterocycles. The van der Waals surface area contributed by atoms with E-state index < -0.39 is 0 Å². The summed E-state index contributed by atoms with van der Waals surface area (Å²) in [5, 5.41) is 2.06. The molecule has 2 aliphatic rings. The lowest BCUT2D eigenvalue weighted by atomic mass is 9.84. The van der Waals surface area contributed by atoms with Crippen LogP contribution < -0.4 is 5.73 Å². The van der Waals surface area contributed by atoms with E-state index in [1.807, 2.05) is 18.0 Å². The van der Waals surface area contributed by atoms with Gasteiger partial charge in [0, 0.05) is 18.0 Å². The molecule has 0 saturated heterocycles. The molecule has 1 amide bonds. The molecule has 3 nitrogen and oxygen atoms in total. The van der Waals surface area contributed by atoms with Crippen molar-refractivity contribution in [2.75, 3.05) is 7.05 Å². The largest absolute Gasteiger partial charge is 0.338 e. The molecule has 0 radical (unpaired) electrons. The van der Waals surface area contributed by atoms with E-state index in [0.717, 1.165) is 0 Å². The van der Waals surface area contributed by atoms with Gasteiger partial charge in [-0.25, -0.2) is 0 Å². The van der Waals surface area contributed by atoms with Crippen LogP contribution in [0.4, 0.5) is 0 Å². The first-order valence-electron chi connectivity index (χ1n) is 7.15. The van der Waals surface area contributed by atoms with E-state index in [4.69, 9.17) is 5.73 Å². The third kappa shape index (κ3) is 2.11. The highest BCUT2D eigenvalue weighted by Gasteiger charge is 2.50. The number of amides is 1. The van der Waals surface area contributed by atoms with E-state index >= 15 is 0 Å². The Balaban J connectivity index is 1.73. The normalized spacial score (nSPS) is 34.5. The van der Waals surface area contributed by atoms with Crippen LogP contribution in [0.25, 0.3) is 0 Å². The number of carbonyl (C=O) groups excluding carboxylic acids is 1. The van der Waals surface area contributed by atoms with Gasteiger partial charge in [-0.05, 0) is 49.5 Å². The van der Waals surface area contributed by atoms with Crippen LogP contribution in [0.1, 0.15) is 37.1 Å². The number of fused-ring (bicyclic) bond motifs is 2. The second kappa shape index (κ2) is 4.91. The lowest BCUT2D eigenvalue weighted by Crippen LogP contribution is -2.46. The summed E-state index contributed by atoms with van der Waals surface area (Å²) < 4.78 is 0. The highest BCUT2D eigenvalue weighted by atomic mass is 32.1. The molecule has 3 rings (SSSR count). The zero-order valence-corrected chi connectivity index (χ0v) is 12.4. The standard InChI is InChI=1S/C15H22N2OS/c1-9(12-4-3-7-19-12)17(2)15(18)13-10-5-6-11(8-10)14(13)16/h3-4,7,9-11,13-14H,5-6,8,16H2,1-2H3. The van der Waals surface area contributed by atoms with E-state index in [1.165, 1.54) is 24.1 Å². The Bertz CT molecular complexity index is 457. The van der Waals surface area contributed by atoms with Gasteiger partial charge in [-0.1, -0.05) is 6.07 Å². The Hall–Kier alpha value is -0.870. The van der Waals surface area contributed by atoms with Gasteiger partial charge < -0.3 is 10.6 Å². The molecule has 0 spiro atoms.